The summed E-state index contributed by atoms with van der Waals surface area (Å²) in [5, 5.41) is 21.6. The van der Waals surface area contributed by atoms with Crippen LogP contribution in [0.3, 0.4) is 0 Å². The average Bonchev–Trinajstić information content (AvgIpc) is 3.18. The molecule has 2 aromatic heterocycles. The summed E-state index contributed by atoms with van der Waals surface area (Å²) < 4.78 is 1.71. The standard InChI is InChI=1S/C20H25N9/c1-28-14-17(13-25-28)26-20-24-12-16(10-21)19(27-20)23-11-15-3-2-4-18(9-15)29-7-5-22-6-8-29/h2-4,9-10,12-14,21-22H,5-8,11H2,1H3,(H2,23,24,26,27). The number of benzene rings is 1. The van der Waals surface area contributed by atoms with E-state index in [0.717, 1.165) is 37.4 Å². The Morgan fingerprint density at radius 3 is 2.86 bits per heavy atom. The Labute approximate surface area is 169 Å². The predicted molar refractivity (Wildman–Crippen MR) is 115 cm³/mol. The normalized spacial score (nSPS) is 13.9. The van der Waals surface area contributed by atoms with E-state index in [1.54, 1.807) is 17.1 Å². The van der Waals surface area contributed by atoms with E-state index in [4.69, 9.17) is 5.41 Å². The van der Waals surface area contributed by atoms with E-state index < -0.39 is 0 Å². The van der Waals surface area contributed by atoms with Crippen molar-refractivity contribution in [3.8, 4) is 0 Å². The summed E-state index contributed by atoms with van der Waals surface area (Å²) in [7, 11) is 1.85. The fourth-order valence-electron chi connectivity index (χ4n) is 3.29. The highest BCUT2D eigenvalue weighted by atomic mass is 15.3. The van der Waals surface area contributed by atoms with Gasteiger partial charge < -0.3 is 26.3 Å². The molecule has 1 aliphatic heterocycles. The van der Waals surface area contributed by atoms with Crippen molar-refractivity contribution in [2.45, 2.75) is 6.54 Å². The second kappa shape index (κ2) is 8.70. The molecule has 29 heavy (non-hydrogen) atoms. The van der Waals surface area contributed by atoms with Gasteiger partial charge in [0, 0.05) is 64.1 Å². The van der Waals surface area contributed by atoms with Crippen LogP contribution in [0.15, 0.2) is 42.9 Å². The molecule has 3 aromatic rings. The molecule has 0 aliphatic carbocycles. The molecule has 0 atom stereocenters. The summed E-state index contributed by atoms with van der Waals surface area (Å²) in [5.74, 6) is 1.08. The lowest BCUT2D eigenvalue weighted by Crippen LogP contribution is -2.43. The lowest BCUT2D eigenvalue weighted by Gasteiger charge is -2.29. The van der Waals surface area contributed by atoms with Crippen LogP contribution < -0.4 is 20.9 Å². The summed E-state index contributed by atoms with van der Waals surface area (Å²) in [6.07, 6.45) is 6.46. The van der Waals surface area contributed by atoms with Gasteiger partial charge in [0.2, 0.25) is 5.95 Å². The topological polar surface area (TPSA) is 107 Å². The fourth-order valence-corrected chi connectivity index (χ4v) is 3.29. The van der Waals surface area contributed by atoms with Gasteiger partial charge in [0.1, 0.15) is 5.82 Å². The second-order valence-corrected chi connectivity index (χ2v) is 6.93. The molecule has 1 saturated heterocycles. The first-order valence-corrected chi connectivity index (χ1v) is 9.63. The third-order valence-corrected chi connectivity index (χ3v) is 4.79. The van der Waals surface area contributed by atoms with Crippen LogP contribution in [0.5, 0.6) is 0 Å². The Hall–Kier alpha value is -3.46. The number of piperazine rings is 1. The summed E-state index contributed by atoms with van der Waals surface area (Å²) >= 11 is 0. The van der Waals surface area contributed by atoms with Crippen molar-refractivity contribution < 1.29 is 0 Å². The zero-order valence-electron chi connectivity index (χ0n) is 16.4. The molecule has 0 spiro atoms. The van der Waals surface area contributed by atoms with Crippen LogP contribution in [0.4, 0.5) is 23.1 Å². The maximum atomic E-state index is 7.64. The molecule has 0 radical (unpaired) electrons. The molecular weight excluding hydrogens is 366 g/mol. The number of nitrogens with one attached hydrogen (secondary N) is 4. The van der Waals surface area contributed by atoms with Crippen molar-refractivity contribution in [2.75, 3.05) is 41.7 Å². The first-order chi connectivity index (χ1) is 14.2. The lowest BCUT2D eigenvalue weighted by molar-refractivity contribution is 0.589. The van der Waals surface area contributed by atoms with E-state index >= 15 is 0 Å². The van der Waals surface area contributed by atoms with Gasteiger partial charge in [-0.05, 0) is 17.7 Å². The van der Waals surface area contributed by atoms with E-state index in [0.29, 0.717) is 23.9 Å². The van der Waals surface area contributed by atoms with Crippen LogP contribution in [0.25, 0.3) is 0 Å². The quantitative estimate of drug-likeness (QED) is 0.456. The van der Waals surface area contributed by atoms with Gasteiger partial charge >= 0.3 is 0 Å². The minimum absolute atomic E-state index is 0.459. The number of hydrogen-bond donors (Lipinski definition) is 4. The summed E-state index contributed by atoms with van der Waals surface area (Å²) in [4.78, 5) is 11.2. The lowest BCUT2D eigenvalue weighted by atomic mass is 10.1. The summed E-state index contributed by atoms with van der Waals surface area (Å²) in [6.45, 7) is 4.68. The van der Waals surface area contributed by atoms with E-state index in [1.807, 2.05) is 13.2 Å². The van der Waals surface area contributed by atoms with E-state index in [2.05, 4.69) is 60.2 Å². The molecular formula is C20H25N9. The minimum Gasteiger partial charge on any atom is -0.369 e. The molecule has 0 bridgehead atoms. The van der Waals surface area contributed by atoms with Gasteiger partial charge in [-0.1, -0.05) is 12.1 Å². The Balaban J connectivity index is 1.47. The molecule has 0 saturated carbocycles. The van der Waals surface area contributed by atoms with Crippen molar-refractivity contribution in [1.82, 2.24) is 25.1 Å². The van der Waals surface area contributed by atoms with Gasteiger partial charge in [-0.25, -0.2) is 4.98 Å². The highest BCUT2D eigenvalue weighted by Crippen LogP contribution is 2.20. The minimum atomic E-state index is 0.459. The average molecular weight is 391 g/mol. The number of anilines is 4. The fraction of sp³-hybridized carbons (Fsp3) is 0.300. The smallest absolute Gasteiger partial charge is 0.229 e. The van der Waals surface area contributed by atoms with Gasteiger partial charge in [0.15, 0.2) is 0 Å². The summed E-state index contributed by atoms with van der Waals surface area (Å²) in [5.41, 5.74) is 3.85. The van der Waals surface area contributed by atoms with Crippen LogP contribution in [-0.4, -0.2) is 52.1 Å². The van der Waals surface area contributed by atoms with Crippen molar-refractivity contribution in [2.24, 2.45) is 7.05 Å². The zero-order chi connectivity index (χ0) is 20.1. The van der Waals surface area contributed by atoms with Crippen LogP contribution >= 0.6 is 0 Å². The molecule has 0 unspecified atom stereocenters. The molecule has 9 heteroatoms. The third-order valence-electron chi connectivity index (χ3n) is 4.79. The van der Waals surface area contributed by atoms with Crippen molar-refractivity contribution in [1.29, 1.82) is 5.41 Å². The second-order valence-electron chi connectivity index (χ2n) is 6.93. The van der Waals surface area contributed by atoms with Crippen LogP contribution in [0.1, 0.15) is 11.1 Å². The molecule has 1 fully saturated rings. The Morgan fingerprint density at radius 1 is 1.24 bits per heavy atom. The maximum Gasteiger partial charge on any atom is 0.229 e. The van der Waals surface area contributed by atoms with E-state index in [9.17, 15) is 0 Å². The van der Waals surface area contributed by atoms with Crippen molar-refractivity contribution in [3.05, 3.63) is 54.0 Å². The molecule has 1 aromatic carbocycles. The molecule has 3 heterocycles. The zero-order valence-corrected chi connectivity index (χ0v) is 16.4. The molecule has 1 aliphatic rings. The summed E-state index contributed by atoms with van der Waals surface area (Å²) in [6, 6.07) is 8.54. The van der Waals surface area contributed by atoms with Gasteiger partial charge in [0.05, 0.1) is 17.4 Å². The number of aryl methyl sites for hydroxylation is 1. The highest BCUT2D eigenvalue weighted by molar-refractivity contribution is 5.84. The van der Waals surface area contributed by atoms with Crippen molar-refractivity contribution >= 4 is 29.4 Å². The number of nitrogens with zero attached hydrogens (tertiary/aromatic N) is 5. The van der Waals surface area contributed by atoms with Crippen LogP contribution in [0.2, 0.25) is 0 Å². The number of hydrogen-bond acceptors (Lipinski definition) is 8. The van der Waals surface area contributed by atoms with E-state index in [1.165, 1.54) is 11.9 Å². The predicted octanol–water partition coefficient (Wildman–Crippen LogP) is 1.97. The largest absolute Gasteiger partial charge is 0.369 e. The Bertz CT molecular complexity index is 976. The van der Waals surface area contributed by atoms with Gasteiger partial charge in [0.25, 0.3) is 0 Å². The number of rotatable bonds is 7. The maximum absolute atomic E-state index is 7.64. The van der Waals surface area contributed by atoms with Crippen molar-refractivity contribution in [3.63, 3.8) is 0 Å². The van der Waals surface area contributed by atoms with Crippen LogP contribution in [-0.2, 0) is 13.6 Å². The first-order valence-electron chi connectivity index (χ1n) is 9.63. The van der Waals surface area contributed by atoms with E-state index in [-0.39, 0.29) is 0 Å². The van der Waals surface area contributed by atoms with Gasteiger partial charge in [-0.3, -0.25) is 4.68 Å². The van der Waals surface area contributed by atoms with Gasteiger partial charge in [-0.2, -0.15) is 10.1 Å². The first kappa shape index (κ1) is 18.9. The van der Waals surface area contributed by atoms with Gasteiger partial charge in [-0.15, -0.1) is 0 Å². The van der Waals surface area contributed by atoms with Crippen LogP contribution in [0, 0.1) is 5.41 Å². The SMILES string of the molecule is Cn1cc(Nc2ncc(C=N)c(NCc3cccc(N4CCNCC4)c3)n2)cn1. The Kier molecular flexibility index (Phi) is 5.66. The monoisotopic (exact) mass is 391 g/mol. The molecule has 4 N–H and O–H groups in total. The third kappa shape index (κ3) is 4.69. The molecule has 9 nitrogen and oxygen atoms in total. The highest BCUT2D eigenvalue weighted by Gasteiger charge is 2.11. The Morgan fingerprint density at radius 2 is 2.10 bits per heavy atom. The molecule has 4 rings (SSSR count). The molecule has 150 valence electrons. The molecule has 0 amide bonds. The number of aromatic nitrogens is 4.